The first-order chi connectivity index (χ1) is 11.5. The van der Waals surface area contributed by atoms with Crippen molar-refractivity contribution >= 4 is 43.4 Å². The zero-order valence-corrected chi connectivity index (χ0v) is 15.5. The van der Waals surface area contributed by atoms with Crippen LogP contribution < -0.4 is 4.72 Å². The maximum absolute atomic E-state index is 12.4. The van der Waals surface area contributed by atoms with E-state index in [0.717, 1.165) is 5.56 Å². The molecule has 0 aliphatic carbocycles. The minimum Gasteiger partial charge on any atom is -0.265 e. The summed E-state index contributed by atoms with van der Waals surface area (Å²) in [7, 11) is -3.69. The van der Waals surface area contributed by atoms with Gasteiger partial charge in [0.15, 0.2) is 5.82 Å². The molecule has 3 rings (SSSR count). The number of rotatable bonds is 5. The standard InChI is InChI=1S/C16H13BrClN3O2S/c17-14-11-21(10-12-6-4-5-9-15(12)18)19-16(14)20-24(22,23)13-7-2-1-3-8-13/h1-9,11H,10H2,(H,19,20). The SMILES string of the molecule is O=S(=O)(Nc1nn(Cc2ccccc2Cl)cc1Br)c1ccccc1. The van der Waals surface area contributed by atoms with Gasteiger partial charge in [0, 0.05) is 11.2 Å². The van der Waals surface area contributed by atoms with E-state index in [1.165, 1.54) is 12.1 Å². The highest BCUT2D eigenvalue weighted by Gasteiger charge is 2.17. The highest BCUT2D eigenvalue weighted by molar-refractivity contribution is 9.10. The summed E-state index contributed by atoms with van der Waals surface area (Å²) < 4.78 is 29.4. The maximum atomic E-state index is 12.4. The average molecular weight is 427 g/mol. The quantitative estimate of drug-likeness (QED) is 0.666. The Balaban J connectivity index is 1.84. The van der Waals surface area contributed by atoms with Crippen LogP contribution in [0.15, 0.2) is 70.2 Å². The third-order valence-electron chi connectivity index (χ3n) is 3.29. The van der Waals surface area contributed by atoms with Crippen molar-refractivity contribution in [2.45, 2.75) is 11.4 Å². The predicted molar refractivity (Wildman–Crippen MR) is 97.7 cm³/mol. The Labute approximate surface area is 153 Å². The maximum Gasteiger partial charge on any atom is 0.263 e. The number of halogens is 2. The normalized spacial score (nSPS) is 11.4. The van der Waals surface area contributed by atoms with Crippen LogP contribution in [0.2, 0.25) is 5.02 Å². The largest absolute Gasteiger partial charge is 0.265 e. The highest BCUT2D eigenvalue weighted by atomic mass is 79.9. The second-order valence-corrected chi connectivity index (χ2v) is 7.98. The van der Waals surface area contributed by atoms with Gasteiger partial charge in [0.2, 0.25) is 0 Å². The van der Waals surface area contributed by atoms with Gasteiger partial charge in [-0.2, -0.15) is 5.10 Å². The molecule has 3 aromatic rings. The molecule has 0 radical (unpaired) electrons. The van der Waals surface area contributed by atoms with Crippen LogP contribution in [0.1, 0.15) is 5.56 Å². The third-order valence-corrected chi connectivity index (χ3v) is 5.60. The van der Waals surface area contributed by atoms with Crippen molar-refractivity contribution in [1.29, 1.82) is 0 Å². The van der Waals surface area contributed by atoms with E-state index in [1.54, 1.807) is 35.1 Å². The number of anilines is 1. The number of aromatic nitrogens is 2. The summed E-state index contributed by atoms with van der Waals surface area (Å²) in [4.78, 5) is 0.178. The molecule has 5 nitrogen and oxygen atoms in total. The molecule has 124 valence electrons. The lowest BCUT2D eigenvalue weighted by Crippen LogP contribution is -2.14. The molecule has 0 atom stereocenters. The molecular formula is C16H13BrClN3O2S. The first-order valence-corrected chi connectivity index (χ1v) is 9.65. The van der Waals surface area contributed by atoms with E-state index in [4.69, 9.17) is 11.6 Å². The van der Waals surface area contributed by atoms with Crippen molar-refractivity contribution in [2.75, 3.05) is 4.72 Å². The monoisotopic (exact) mass is 425 g/mol. The van der Waals surface area contributed by atoms with Crippen molar-refractivity contribution < 1.29 is 8.42 Å². The minimum atomic E-state index is -3.69. The van der Waals surface area contributed by atoms with E-state index in [0.29, 0.717) is 16.0 Å². The van der Waals surface area contributed by atoms with Crippen molar-refractivity contribution in [3.8, 4) is 0 Å². The lowest BCUT2D eigenvalue weighted by Gasteiger charge is -2.06. The van der Waals surface area contributed by atoms with Gasteiger partial charge < -0.3 is 0 Å². The topological polar surface area (TPSA) is 64.0 Å². The Kier molecular flexibility index (Phi) is 4.93. The average Bonchev–Trinajstić information content (AvgIpc) is 2.89. The number of benzene rings is 2. The molecule has 24 heavy (non-hydrogen) atoms. The second-order valence-electron chi connectivity index (χ2n) is 5.03. The van der Waals surface area contributed by atoms with Gasteiger partial charge in [-0.05, 0) is 39.7 Å². The summed E-state index contributed by atoms with van der Waals surface area (Å²) in [6.45, 7) is 0.436. The Hall–Kier alpha value is -1.83. The van der Waals surface area contributed by atoms with Gasteiger partial charge in [-0.25, -0.2) is 8.42 Å². The van der Waals surface area contributed by atoms with Crippen LogP contribution in [0.3, 0.4) is 0 Å². The van der Waals surface area contributed by atoms with Crippen molar-refractivity contribution in [2.24, 2.45) is 0 Å². The van der Waals surface area contributed by atoms with E-state index < -0.39 is 10.0 Å². The molecular weight excluding hydrogens is 414 g/mol. The van der Waals surface area contributed by atoms with Crippen LogP contribution in [-0.4, -0.2) is 18.2 Å². The Morgan fingerprint density at radius 3 is 2.46 bits per heavy atom. The van der Waals surface area contributed by atoms with Crippen molar-refractivity contribution in [3.63, 3.8) is 0 Å². The van der Waals surface area contributed by atoms with Crippen LogP contribution in [0, 0.1) is 0 Å². The zero-order chi connectivity index (χ0) is 17.2. The molecule has 8 heteroatoms. The van der Waals surface area contributed by atoms with E-state index in [-0.39, 0.29) is 10.7 Å². The molecule has 0 aliphatic rings. The van der Waals surface area contributed by atoms with Gasteiger partial charge in [-0.1, -0.05) is 48.0 Å². The molecule has 2 aromatic carbocycles. The summed E-state index contributed by atoms with van der Waals surface area (Å²) in [6, 6.07) is 15.6. The van der Waals surface area contributed by atoms with Crippen molar-refractivity contribution in [1.82, 2.24) is 9.78 Å². The van der Waals surface area contributed by atoms with Gasteiger partial charge in [-0.15, -0.1) is 0 Å². The number of sulfonamides is 1. The predicted octanol–water partition coefficient (Wildman–Crippen LogP) is 4.15. The summed E-state index contributed by atoms with van der Waals surface area (Å²) in [6.07, 6.45) is 1.70. The van der Waals surface area contributed by atoms with E-state index in [1.807, 2.05) is 18.2 Å². The van der Waals surface area contributed by atoms with Gasteiger partial charge in [0.05, 0.1) is 15.9 Å². The molecule has 1 N–H and O–H groups in total. The van der Waals surface area contributed by atoms with E-state index >= 15 is 0 Å². The van der Waals surface area contributed by atoms with Gasteiger partial charge in [0.25, 0.3) is 10.0 Å². The van der Waals surface area contributed by atoms with Gasteiger partial charge in [-0.3, -0.25) is 9.40 Å². The molecule has 0 saturated heterocycles. The Morgan fingerprint density at radius 1 is 1.08 bits per heavy atom. The first kappa shape index (κ1) is 17.0. The number of nitrogens with zero attached hydrogens (tertiary/aromatic N) is 2. The Morgan fingerprint density at radius 2 is 1.75 bits per heavy atom. The molecule has 1 heterocycles. The van der Waals surface area contributed by atoms with Crippen LogP contribution in [0.4, 0.5) is 5.82 Å². The lowest BCUT2D eigenvalue weighted by molar-refractivity contribution is 0.600. The molecule has 0 fully saturated rings. The second kappa shape index (κ2) is 6.96. The highest BCUT2D eigenvalue weighted by Crippen LogP contribution is 2.24. The zero-order valence-electron chi connectivity index (χ0n) is 12.4. The van der Waals surface area contributed by atoms with Crippen LogP contribution in [-0.2, 0) is 16.6 Å². The van der Waals surface area contributed by atoms with Crippen molar-refractivity contribution in [3.05, 3.63) is 75.9 Å². The smallest absolute Gasteiger partial charge is 0.263 e. The molecule has 0 amide bonds. The summed E-state index contributed by atoms with van der Waals surface area (Å²) in [5, 5.41) is 4.91. The van der Waals surface area contributed by atoms with Gasteiger partial charge >= 0.3 is 0 Å². The van der Waals surface area contributed by atoms with Gasteiger partial charge in [0.1, 0.15) is 0 Å². The van der Waals surface area contributed by atoms with Crippen LogP contribution >= 0.6 is 27.5 Å². The van der Waals surface area contributed by atoms with E-state index in [9.17, 15) is 8.42 Å². The van der Waals surface area contributed by atoms with E-state index in [2.05, 4.69) is 25.8 Å². The fourth-order valence-corrected chi connectivity index (χ4v) is 3.91. The minimum absolute atomic E-state index is 0.178. The molecule has 0 unspecified atom stereocenters. The third kappa shape index (κ3) is 3.80. The molecule has 0 bridgehead atoms. The molecule has 1 aromatic heterocycles. The lowest BCUT2D eigenvalue weighted by atomic mass is 10.2. The number of hydrogen-bond donors (Lipinski definition) is 1. The number of nitrogens with one attached hydrogen (secondary N) is 1. The molecule has 0 saturated carbocycles. The van der Waals surface area contributed by atoms with Crippen LogP contribution in [0.25, 0.3) is 0 Å². The Bertz CT molecular complexity index is 958. The van der Waals surface area contributed by atoms with Crippen LogP contribution in [0.5, 0.6) is 0 Å². The summed E-state index contributed by atoms with van der Waals surface area (Å²) in [5.74, 6) is 0.228. The summed E-state index contributed by atoms with van der Waals surface area (Å²) in [5.41, 5.74) is 0.895. The molecule has 0 spiro atoms. The fraction of sp³-hybridized carbons (Fsp3) is 0.0625. The molecule has 0 aliphatic heterocycles. The summed E-state index contributed by atoms with van der Waals surface area (Å²) >= 11 is 9.47. The fourth-order valence-electron chi connectivity index (χ4n) is 2.13. The first-order valence-electron chi connectivity index (χ1n) is 7.00. The number of hydrogen-bond acceptors (Lipinski definition) is 3.